The summed E-state index contributed by atoms with van der Waals surface area (Å²) >= 11 is 0. The summed E-state index contributed by atoms with van der Waals surface area (Å²) in [5, 5.41) is 10.6. The van der Waals surface area contributed by atoms with Gasteiger partial charge in [0.25, 0.3) is 0 Å². The van der Waals surface area contributed by atoms with E-state index in [-0.39, 0.29) is 5.82 Å². The highest BCUT2D eigenvalue weighted by molar-refractivity contribution is 5.31. The van der Waals surface area contributed by atoms with E-state index in [0.717, 1.165) is 6.42 Å². The fourth-order valence-corrected chi connectivity index (χ4v) is 1.97. The first-order valence-electron chi connectivity index (χ1n) is 5.48. The van der Waals surface area contributed by atoms with Gasteiger partial charge in [0.05, 0.1) is 6.61 Å². The first-order chi connectivity index (χ1) is 7.66. The van der Waals surface area contributed by atoms with E-state index >= 15 is 0 Å². The first kappa shape index (κ1) is 11.1. The van der Waals surface area contributed by atoms with Crippen LogP contribution in [-0.4, -0.2) is 11.7 Å². The third-order valence-electron chi connectivity index (χ3n) is 2.93. The van der Waals surface area contributed by atoms with Crippen LogP contribution in [-0.2, 0) is 10.3 Å². The molecule has 1 aromatic rings. The molecule has 0 saturated carbocycles. The van der Waals surface area contributed by atoms with Gasteiger partial charge in [-0.3, -0.25) is 0 Å². The topological polar surface area (TPSA) is 29.5 Å². The third-order valence-corrected chi connectivity index (χ3v) is 2.93. The van der Waals surface area contributed by atoms with Crippen LogP contribution >= 0.6 is 0 Å². The lowest BCUT2D eigenvalue weighted by atomic mass is 9.89. The highest BCUT2D eigenvalue weighted by Crippen LogP contribution is 2.36. The SMILES string of the molecule is CCC(O)(C1=CCCO1)c1cccc(F)c1. The van der Waals surface area contributed by atoms with Crippen molar-refractivity contribution in [1.82, 2.24) is 0 Å². The van der Waals surface area contributed by atoms with Crippen LogP contribution in [0.4, 0.5) is 4.39 Å². The van der Waals surface area contributed by atoms with Crippen molar-refractivity contribution in [3.63, 3.8) is 0 Å². The quantitative estimate of drug-likeness (QED) is 0.852. The van der Waals surface area contributed by atoms with Crippen molar-refractivity contribution in [3.8, 4) is 0 Å². The molecule has 0 aliphatic carbocycles. The normalized spacial score (nSPS) is 18.8. The molecule has 1 N–H and O–H groups in total. The number of aliphatic hydroxyl groups is 1. The Morgan fingerprint density at radius 3 is 2.88 bits per heavy atom. The van der Waals surface area contributed by atoms with Crippen LogP contribution in [0, 0.1) is 5.82 Å². The number of hydrogen-bond donors (Lipinski definition) is 1. The molecule has 1 atom stereocenters. The van der Waals surface area contributed by atoms with Gasteiger partial charge in [0, 0.05) is 6.42 Å². The molecule has 16 heavy (non-hydrogen) atoms. The predicted molar refractivity (Wildman–Crippen MR) is 59.2 cm³/mol. The Bertz CT molecular complexity index is 414. The summed E-state index contributed by atoms with van der Waals surface area (Å²) in [6.07, 6.45) is 3.13. The Balaban J connectivity index is 2.41. The molecule has 3 heteroatoms. The second-order valence-electron chi connectivity index (χ2n) is 3.93. The largest absolute Gasteiger partial charge is 0.494 e. The van der Waals surface area contributed by atoms with Crippen molar-refractivity contribution in [1.29, 1.82) is 0 Å². The van der Waals surface area contributed by atoms with Crippen molar-refractivity contribution in [3.05, 3.63) is 47.5 Å². The van der Waals surface area contributed by atoms with Gasteiger partial charge in [-0.1, -0.05) is 19.1 Å². The molecule has 1 heterocycles. The van der Waals surface area contributed by atoms with E-state index in [1.165, 1.54) is 12.1 Å². The van der Waals surface area contributed by atoms with Gasteiger partial charge in [0.2, 0.25) is 0 Å². The van der Waals surface area contributed by atoms with Crippen LogP contribution in [0.5, 0.6) is 0 Å². The zero-order valence-electron chi connectivity index (χ0n) is 9.24. The Morgan fingerprint density at radius 2 is 2.31 bits per heavy atom. The van der Waals surface area contributed by atoms with Gasteiger partial charge in [-0.2, -0.15) is 0 Å². The maximum absolute atomic E-state index is 13.1. The Kier molecular flexibility index (Phi) is 2.97. The molecule has 0 spiro atoms. The van der Waals surface area contributed by atoms with E-state index in [9.17, 15) is 9.50 Å². The standard InChI is InChI=1S/C13H15FO2/c1-2-13(15,12-7-4-8-16-12)10-5-3-6-11(14)9-10/h3,5-7,9,15H,2,4,8H2,1H3. The second kappa shape index (κ2) is 4.26. The smallest absolute Gasteiger partial charge is 0.146 e. The molecule has 1 unspecified atom stereocenters. The predicted octanol–water partition coefficient (Wildman–Crippen LogP) is 2.73. The van der Waals surface area contributed by atoms with E-state index in [0.29, 0.717) is 24.4 Å². The van der Waals surface area contributed by atoms with E-state index < -0.39 is 5.60 Å². The van der Waals surface area contributed by atoms with Gasteiger partial charge >= 0.3 is 0 Å². The molecule has 2 nitrogen and oxygen atoms in total. The maximum Gasteiger partial charge on any atom is 0.146 e. The molecule has 86 valence electrons. The molecular formula is C13H15FO2. The zero-order chi connectivity index (χ0) is 11.6. The molecule has 0 fully saturated rings. The molecule has 1 aliphatic rings. The number of ether oxygens (including phenoxy) is 1. The summed E-state index contributed by atoms with van der Waals surface area (Å²) in [4.78, 5) is 0. The third kappa shape index (κ3) is 1.83. The summed E-state index contributed by atoms with van der Waals surface area (Å²) in [5.41, 5.74) is -0.651. The lowest BCUT2D eigenvalue weighted by Gasteiger charge is -2.28. The van der Waals surface area contributed by atoms with Gasteiger partial charge in [-0.05, 0) is 30.2 Å². The average molecular weight is 222 g/mol. The van der Waals surface area contributed by atoms with Crippen LogP contribution in [0.2, 0.25) is 0 Å². The number of benzene rings is 1. The summed E-state index contributed by atoms with van der Waals surface area (Å²) in [6, 6.07) is 6.03. The van der Waals surface area contributed by atoms with Crippen molar-refractivity contribution in [2.45, 2.75) is 25.4 Å². The highest BCUT2D eigenvalue weighted by Gasteiger charge is 2.35. The first-order valence-corrected chi connectivity index (χ1v) is 5.48. The number of halogens is 1. The number of rotatable bonds is 3. The van der Waals surface area contributed by atoms with E-state index in [1.807, 2.05) is 13.0 Å². The second-order valence-corrected chi connectivity index (χ2v) is 3.93. The minimum Gasteiger partial charge on any atom is -0.494 e. The summed E-state index contributed by atoms with van der Waals surface area (Å²) < 4.78 is 18.5. The van der Waals surface area contributed by atoms with Crippen LogP contribution in [0.1, 0.15) is 25.3 Å². The average Bonchev–Trinajstić information content (AvgIpc) is 2.82. The van der Waals surface area contributed by atoms with Crippen molar-refractivity contribution < 1.29 is 14.2 Å². The molecule has 0 aromatic heterocycles. The highest BCUT2D eigenvalue weighted by atomic mass is 19.1. The minimum atomic E-state index is -1.20. The summed E-state index contributed by atoms with van der Waals surface area (Å²) in [7, 11) is 0. The van der Waals surface area contributed by atoms with Gasteiger partial charge in [0.1, 0.15) is 17.2 Å². The van der Waals surface area contributed by atoms with Gasteiger partial charge < -0.3 is 9.84 Å². The van der Waals surface area contributed by atoms with Gasteiger partial charge in [-0.25, -0.2) is 4.39 Å². The van der Waals surface area contributed by atoms with Crippen LogP contribution in [0.15, 0.2) is 36.1 Å². The Morgan fingerprint density at radius 1 is 1.50 bits per heavy atom. The van der Waals surface area contributed by atoms with Crippen LogP contribution in [0.25, 0.3) is 0 Å². The number of hydrogen-bond acceptors (Lipinski definition) is 2. The van der Waals surface area contributed by atoms with E-state index in [4.69, 9.17) is 4.74 Å². The maximum atomic E-state index is 13.1. The Hall–Kier alpha value is -1.35. The molecule has 0 amide bonds. The molecule has 1 aliphatic heterocycles. The molecule has 0 saturated heterocycles. The lowest BCUT2D eigenvalue weighted by Crippen LogP contribution is -2.28. The van der Waals surface area contributed by atoms with Crippen LogP contribution in [0.3, 0.4) is 0 Å². The van der Waals surface area contributed by atoms with E-state index in [1.54, 1.807) is 12.1 Å². The zero-order valence-corrected chi connectivity index (χ0v) is 9.24. The van der Waals surface area contributed by atoms with Gasteiger partial charge in [-0.15, -0.1) is 0 Å². The van der Waals surface area contributed by atoms with Gasteiger partial charge in [0.15, 0.2) is 0 Å². The van der Waals surface area contributed by atoms with Crippen LogP contribution < -0.4 is 0 Å². The summed E-state index contributed by atoms with van der Waals surface area (Å²) in [5.74, 6) is 0.198. The molecular weight excluding hydrogens is 207 g/mol. The van der Waals surface area contributed by atoms with Crippen molar-refractivity contribution >= 4 is 0 Å². The van der Waals surface area contributed by atoms with Crippen molar-refractivity contribution in [2.24, 2.45) is 0 Å². The minimum absolute atomic E-state index is 0.344. The molecule has 0 bridgehead atoms. The molecule has 1 aromatic carbocycles. The van der Waals surface area contributed by atoms with E-state index in [2.05, 4.69) is 0 Å². The summed E-state index contributed by atoms with van der Waals surface area (Å²) in [6.45, 7) is 2.44. The van der Waals surface area contributed by atoms with Crippen molar-refractivity contribution in [2.75, 3.05) is 6.61 Å². The fourth-order valence-electron chi connectivity index (χ4n) is 1.97. The fraction of sp³-hybridized carbons (Fsp3) is 0.385. The molecule has 2 rings (SSSR count). The monoisotopic (exact) mass is 222 g/mol. The molecule has 0 radical (unpaired) electrons. The lowest BCUT2D eigenvalue weighted by molar-refractivity contribution is 0.0120. The Labute approximate surface area is 94.4 Å².